The van der Waals surface area contributed by atoms with Gasteiger partial charge in [-0.2, -0.15) is 0 Å². The van der Waals surface area contributed by atoms with E-state index in [4.69, 9.17) is 25.2 Å². The maximum atomic E-state index is 14.7. The third kappa shape index (κ3) is 4.87. The van der Waals surface area contributed by atoms with Crippen molar-refractivity contribution in [2.24, 2.45) is 11.8 Å². The molecule has 1 fully saturated rings. The van der Waals surface area contributed by atoms with Crippen LogP contribution in [0.3, 0.4) is 0 Å². The second kappa shape index (κ2) is 10.3. The Morgan fingerprint density at radius 3 is 2.35 bits per heavy atom. The van der Waals surface area contributed by atoms with Crippen LogP contribution >= 0.6 is 19.4 Å². The molecule has 0 aromatic heterocycles. The summed E-state index contributed by atoms with van der Waals surface area (Å²) in [6, 6.07) is 10.1. The van der Waals surface area contributed by atoms with Gasteiger partial charge in [0, 0.05) is 22.4 Å². The van der Waals surface area contributed by atoms with E-state index in [1.54, 1.807) is 26.0 Å². The Labute approximate surface area is 204 Å². The molecule has 8 heteroatoms. The van der Waals surface area contributed by atoms with E-state index in [0.29, 0.717) is 45.9 Å². The number of phosphoric ester groups is 1. The van der Waals surface area contributed by atoms with E-state index >= 15 is 0 Å². The Morgan fingerprint density at radius 2 is 1.71 bits per heavy atom. The van der Waals surface area contributed by atoms with E-state index in [0.717, 1.165) is 18.4 Å². The molecule has 0 aliphatic heterocycles. The lowest BCUT2D eigenvalue weighted by Gasteiger charge is -2.29. The van der Waals surface area contributed by atoms with Crippen molar-refractivity contribution in [2.45, 2.75) is 46.5 Å². The van der Waals surface area contributed by atoms with Crippen LogP contribution < -0.4 is 0 Å². The van der Waals surface area contributed by atoms with Crippen molar-refractivity contribution >= 4 is 30.8 Å². The Hall–Kier alpha value is -1.98. The fraction of sp³-hybridized carbons (Fsp3) is 0.423. The van der Waals surface area contributed by atoms with Crippen molar-refractivity contribution < 1.29 is 27.3 Å². The summed E-state index contributed by atoms with van der Waals surface area (Å²) in [5, 5.41) is 0.312. The maximum absolute atomic E-state index is 14.7. The highest BCUT2D eigenvalue weighted by Gasteiger charge is 2.45. The smallest absolute Gasteiger partial charge is 0.407 e. The van der Waals surface area contributed by atoms with Crippen LogP contribution in [-0.4, -0.2) is 19.0 Å². The second-order valence-corrected chi connectivity index (χ2v) is 10.6. The van der Waals surface area contributed by atoms with Crippen LogP contribution in [0.2, 0.25) is 5.02 Å². The van der Waals surface area contributed by atoms with Gasteiger partial charge in [-0.15, -0.1) is 0 Å². The van der Waals surface area contributed by atoms with Gasteiger partial charge in [-0.25, -0.2) is 8.96 Å². The zero-order valence-electron chi connectivity index (χ0n) is 19.6. The molecule has 0 radical (unpaired) electrons. The van der Waals surface area contributed by atoms with E-state index in [2.05, 4.69) is 0 Å². The van der Waals surface area contributed by atoms with Gasteiger partial charge in [0.1, 0.15) is 11.6 Å². The minimum Gasteiger partial charge on any atom is -0.407 e. The summed E-state index contributed by atoms with van der Waals surface area (Å²) in [5.41, 5.74) is 3.01. The number of fused-ring (bicyclic) bond motifs is 2. The summed E-state index contributed by atoms with van der Waals surface area (Å²) in [5.74, 6) is -0.265. The molecule has 0 spiro atoms. The van der Waals surface area contributed by atoms with Gasteiger partial charge in [0.2, 0.25) is 0 Å². The lowest BCUT2D eigenvalue weighted by atomic mass is 9.81. The molecular weight excluding hydrogens is 478 g/mol. The third-order valence-electron chi connectivity index (χ3n) is 6.45. The lowest BCUT2D eigenvalue weighted by Crippen LogP contribution is -2.23. The highest BCUT2D eigenvalue weighted by atomic mass is 35.5. The fourth-order valence-electron chi connectivity index (χ4n) is 4.91. The molecule has 1 saturated carbocycles. The summed E-state index contributed by atoms with van der Waals surface area (Å²) in [4.78, 5) is 13.6. The van der Waals surface area contributed by atoms with E-state index in [1.807, 2.05) is 25.1 Å². The largest absolute Gasteiger partial charge is 0.529 e. The molecule has 2 bridgehead atoms. The van der Waals surface area contributed by atoms with Crippen LogP contribution in [0.4, 0.5) is 4.39 Å². The summed E-state index contributed by atoms with van der Waals surface area (Å²) in [7, 11) is -3.90. The van der Waals surface area contributed by atoms with E-state index < -0.39 is 13.6 Å². The first-order valence-corrected chi connectivity index (χ1v) is 13.6. The standard InChI is InChI=1S/C26H29ClFO5P/c1-4-16-7-8-17(21-12-11-20(27)15-23(21)28)14-22(16)24-25(29)18-9-10-19(13-18)26(24)33-34(30,31-5-2)32-6-3/h7-8,11-12,14-15,18-19H,4-6,9-10,13H2,1-3H3/t18-,19-/m1/s1. The van der Waals surface area contributed by atoms with Crippen molar-refractivity contribution in [3.8, 4) is 11.1 Å². The highest BCUT2D eigenvalue weighted by molar-refractivity contribution is 7.48. The zero-order chi connectivity index (χ0) is 24.5. The Morgan fingerprint density at radius 1 is 1.00 bits per heavy atom. The molecule has 2 atom stereocenters. The minimum atomic E-state index is -3.90. The molecule has 0 heterocycles. The van der Waals surface area contributed by atoms with E-state index in [9.17, 15) is 13.8 Å². The van der Waals surface area contributed by atoms with Gasteiger partial charge in [0.05, 0.1) is 18.8 Å². The molecule has 2 aromatic rings. The van der Waals surface area contributed by atoms with Gasteiger partial charge in [0.25, 0.3) is 0 Å². The predicted octanol–water partition coefficient (Wildman–Crippen LogP) is 7.62. The van der Waals surface area contributed by atoms with Crippen LogP contribution in [0, 0.1) is 17.7 Å². The van der Waals surface area contributed by atoms with Gasteiger partial charge in [-0.05, 0) is 80.5 Å². The minimum absolute atomic E-state index is 0.0354. The van der Waals surface area contributed by atoms with Crippen LogP contribution in [0.15, 0.2) is 42.2 Å². The molecule has 0 unspecified atom stereocenters. The number of ketones is 1. The topological polar surface area (TPSA) is 61.8 Å². The molecule has 2 aliphatic carbocycles. The molecule has 2 aliphatic rings. The monoisotopic (exact) mass is 506 g/mol. The number of allylic oxidation sites excluding steroid dienone is 2. The van der Waals surface area contributed by atoms with E-state index in [-0.39, 0.29) is 30.8 Å². The predicted molar refractivity (Wildman–Crippen MR) is 131 cm³/mol. The molecule has 182 valence electrons. The van der Waals surface area contributed by atoms with Gasteiger partial charge in [-0.3, -0.25) is 13.8 Å². The first kappa shape index (κ1) is 25.1. The second-order valence-electron chi connectivity index (χ2n) is 8.53. The number of Topliss-reactive ketones (excluding diaryl/α,β-unsaturated/α-hetero) is 1. The van der Waals surface area contributed by atoms with Crippen LogP contribution in [-0.2, 0) is 29.4 Å². The number of halogens is 2. The summed E-state index contributed by atoms with van der Waals surface area (Å²) < 4.78 is 44.7. The first-order chi connectivity index (χ1) is 16.3. The number of aryl methyl sites for hydroxylation is 1. The number of rotatable bonds is 9. The average molecular weight is 507 g/mol. The Bertz CT molecular complexity index is 1170. The zero-order valence-corrected chi connectivity index (χ0v) is 21.3. The molecule has 0 saturated heterocycles. The lowest BCUT2D eigenvalue weighted by molar-refractivity contribution is -0.117. The average Bonchev–Trinajstić information content (AvgIpc) is 3.24. The molecule has 0 amide bonds. The first-order valence-electron chi connectivity index (χ1n) is 11.8. The third-order valence-corrected chi connectivity index (χ3v) is 8.26. The maximum Gasteiger partial charge on any atom is 0.529 e. The number of hydrogen-bond donors (Lipinski definition) is 0. The number of benzene rings is 2. The molecule has 5 nitrogen and oxygen atoms in total. The summed E-state index contributed by atoms with van der Waals surface area (Å²) in [6.07, 6.45) is 2.83. The molecular formula is C26H29ClFO5P. The van der Waals surface area contributed by atoms with Crippen molar-refractivity contribution in [1.29, 1.82) is 0 Å². The van der Waals surface area contributed by atoms with Crippen molar-refractivity contribution in [3.63, 3.8) is 0 Å². The number of phosphoric acid groups is 1. The number of hydrogen-bond acceptors (Lipinski definition) is 5. The van der Waals surface area contributed by atoms with Gasteiger partial charge < -0.3 is 4.52 Å². The quantitative estimate of drug-likeness (QED) is 0.327. The summed E-state index contributed by atoms with van der Waals surface area (Å²) in [6.45, 7) is 5.71. The van der Waals surface area contributed by atoms with Crippen LogP contribution in [0.5, 0.6) is 0 Å². The SMILES string of the molecule is CCOP(=O)(OCC)OC1=C(c2cc(-c3ccc(Cl)cc3F)ccc2CC)C(=O)[C@@H]2CC[C@@H]1C2. The van der Waals surface area contributed by atoms with Gasteiger partial charge >= 0.3 is 7.82 Å². The molecule has 34 heavy (non-hydrogen) atoms. The number of carbonyl (C=O) groups is 1. The highest BCUT2D eigenvalue weighted by Crippen LogP contribution is 2.57. The fourth-order valence-corrected chi connectivity index (χ4v) is 6.36. The Balaban J connectivity index is 1.90. The van der Waals surface area contributed by atoms with Crippen LogP contribution in [0.25, 0.3) is 16.7 Å². The van der Waals surface area contributed by atoms with Gasteiger partial charge in [0.15, 0.2) is 5.78 Å². The van der Waals surface area contributed by atoms with Crippen LogP contribution in [0.1, 0.15) is 51.2 Å². The Kier molecular flexibility index (Phi) is 7.63. The van der Waals surface area contributed by atoms with Gasteiger partial charge in [-0.1, -0.05) is 30.7 Å². The molecule has 0 N–H and O–H groups in total. The molecule has 2 aromatic carbocycles. The van der Waals surface area contributed by atoms with Crippen molar-refractivity contribution in [2.75, 3.05) is 13.2 Å². The van der Waals surface area contributed by atoms with Crippen molar-refractivity contribution in [1.82, 2.24) is 0 Å². The number of carbonyl (C=O) groups excluding carboxylic acids is 1. The summed E-state index contributed by atoms with van der Waals surface area (Å²) >= 11 is 5.94. The van der Waals surface area contributed by atoms with Crippen molar-refractivity contribution in [3.05, 3.63) is 64.1 Å². The molecule has 4 rings (SSSR count). The van der Waals surface area contributed by atoms with E-state index in [1.165, 1.54) is 6.07 Å². The normalized spacial score (nSPS) is 20.2.